The van der Waals surface area contributed by atoms with Gasteiger partial charge < -0.3 is 33.7 Å². The molecule has 0 spiro atoms. The zero-order valence-electron chi connectivity index (χ0n) is 20.9. The van der Waals surface area contributed by atoms with Crippen LogP contribution in [0.15, 0.2) is 54.7 Å². The first-order chi connectivity index (χ1) is 18.0. The molecular weight excluding hydrogens is 476 g/mol. The highest BCUT2D eigenvalue weighted by molar-refractivity contribution is 6.05. The second-order valence-corrected chi connectivity index (χ2v) is 8.25. The maximum absolute atomic E-state index is 13.2. The number of fused-ring (bicyclic) bond motifs is 2. The molecule has 0 aliphatic carbocycles. The molecule has 1 aliphatic heterocycles. The second kappa shape index (κ2) is 10.1. The van der Waals surface area contributed by atoms with E-state index in [9.17, 15) is 4.79 Å². The van der Waals surface area contributed by atoms with Gasteiger partial charge in [0, 0.05) is 35.3 Å². The highest BCUT2D eigenvalue weighted by atomic mass is 16.7. The molecule has 1 aromatic heterocycles. The van der Waals surface area contributed by atoms with E-state index >= 15 is 0 Å². The van der Waals surface area contributed by atoms with E-state index in [1.807, 2.05) is 24.3 Å². The summed E-state index contributed by atoms with van der Waals surface area (Å²) in [6, 6.07) is 14.4. The Morgan fingerprint density at radius 1 is 0.838 bits per heavy atom. The van der Waals surface area contributed by atoms with Crippen molar-refractivity contribution in [3.63, 3.8) is 0 Å². The number of methoxy groups -OCH3 is 4. The molecule has 2 heterocycles. The summed E-state index contributed by atoms with van der Waals surface area (Å²) in [5, 5.41) is 4.87. The minimum absolute atomic E-state index is 0.134. The van der Waals surface area contributed by atoms with Crippen molar-refractivity contribution in [1.29, 1.82) is 0 Å². The molecule has 190 valence electrons. The number of aromatic nitrogens is 1. The Bertz CT molecular complexity index is 1490. The lowest BCUT2D eigenvalue weighted by Gasteiger charge is -2.17. The molecule has 1 amide bonds. The minimum atomic E-state index is -0.302. The Hall–Kier alpha value is -4.66. The molecule has 0 radical (unpaired) electrons. The van der Waals surface area contributed by atoms with Crippen LogP contribution in [0.3, 0.4) is 0 Å². The number of anilines is 1. The smallest absolute Gasteiger partial charge is 0.255 e. The zero-order chi connectivity index (χ0) is 25.9. The molecule has 0 fully saturated rings. The lowest BCUT2D eigenvalue weighted by molar-refractivity contribution is 0.102. The van der Waals surface area contributed by atoms with Crippen LogP contribution in [0.25, 0.3) is 10.8 Å². The largest absolute Gasteiger partial charge is 0.493 e. The summed E-state index contributed by atoms with van der Waals surface area (Å²) >= 11 is 0. The summed E-state index contributed by atoms with van der Waals surface area (Å²) in [7, 11) is 6.31. The predicted molar refractivity (Wildman–Crippen MR) is 138 cm³/mol. The van der Waals surface area contributed by atoms with Crippen LogP contribution in [0.1, 0.15) is 21.6 Å². The van der Waals surface area contributed by atoms with Crippen molar-refractivity contribution >= 4 is 22.4 Å². The van der Waals surface area contributed by atoms with E-state index < -0.39 is 0 Å². The molecule has 1 aliphatic rings. The van der Waals surface area contributed by atoms with Gasteiger partial charge in [0.05, 0.1) is 34.1 Å². The fourth-order valence-corrected chi connectivity index (χ4v) is 4.30. The summed E-state index contributed by atoms with van der Waals surface area (Å²) in [5.74, 6) is 3.11. The Morgan fingerprint density at radius 2 is 1.51 bits per heavy atom. The molecule has 1 N–H and O–H groups in total. The van der Waals surface area contributed by atoms with Crippen LogP contribution in [0, 0.1) is 0 Å². The van der Waals surface area contributed by atoms with E-state index in [4.69, 9.17) is 28.4 Å². The topological polar surface area (TPSA) is 97.4 Å². The molecule has 9 heteroatoms. The van der Waals surface area contributed by atoms with E-state index in [0.717, 1.165) is 22.0 Å². The lowest BCUT2D eigenvalue weighted by atomic mass is 10.0. The van der Waals surface area contributed by atoms with Gasteiger partial charge in [0.15, 0.2) is 34.5 Å². The van der Waals surface area contributed by atoms with Gasteiger partial charge in [-0.2, -0.15) is 0 Å². The van der Waals surface area contributed by atoms with Crippen LogP contribution < -0.4 is 33.7 Å². The summed E-state index contributed by atoms with van der Waals surface area (Å²) in [5.41, 5.74) is 2.59. The number of hydrogen-bond donors (Lipinski definition) is 1. The van der Waals surface area contributed by atoms with Crippen LogP contribution >= 0.6 is 0 Å². The molecular formula is C28H26N2O7. The van der Waals surface area contributed by atoms with E-state index in [0.29, 0.717) is 52.2 Å². The molecule has 0 atom stereocenters. The SMILES string of the molecule is COc1cc(Cc2nccc3cc(OC)c(OC)cc23)c(NC(=O)c2ccc3c(c2)OCO3)cc1OC. The third kappa shape index (κ3) is 4.63. The molecule has 5 rings (SSSR count). The van der Waals surface area contributed by atoms with Gasteiger partial charge in [0.1, 0.15) is 0 Å². The fourth-order valence-electron chi connectivity index (χ4n) is 4.30. The second-order valence-electron chi connectivity index (χ2n) is 8.25. The number of carbonyl (C=O) groups is 1. The standard InChI is InChI=1S/C28H26N2O7/c1-32-23-10-16-7-8-29-21(19(16)13-25(23)34-3)9-18-12-24(33-2)26(35-4)14-20(18)30-28(31)17-5-6-22-27(11-17)37-15-36-22/h5-8,10-14H,9,15H2,1-4H3,(H,30,31). The minimum Gasteiger partial charge on any atom is -0.493 e. The molecule has 0 saturated carbocycles. The van der Waals surface area contributed by atoms with Crippen molar-refractivity contribution in [2.24, 2.45) is 0 Å². The van der Waals surface area contributed by atoms with Gasteiger partial charge >= 0.3 is 0 Å². The van der Waals surface area contributed by atoms with Gasteiger partial charge in [-0.1, -0.05) is 0 Å². The van der Waals surface area contributed by atoms with Gasteiger partial charge in [-0.25, -0.2) is 0 Å². The van der Waals surface area contributed by atoms with Crippen molar-refractivity contribution in [1.82, 2.24) is 4.98 Å². The van der Waals surface area contributed by atoms with E-state index in [1.165, 1.54) is 0 Å². The Labute approximate surface area is 213 Å². The highest BCUT2D eigenvalue weighted by Crippen LogP contribution is 2.38. The zero-order valence-corrected chi connectivity index (χ0v) is 20.9. The quantitative estimate of drug-likeness (QED) is 0.366. The van der Waals surface area contributed by atoms with Crippen LogP contribution in [0.4, 0.5) is 5.69 Å². The molecule has 4 aromatic rings. The van der Waals surface area contributed by atoms with Crippen LogP contribution in [0.2, 0.25) is 0 Å². The third-order valence-electron chi connectivity index (χ3n) is 6.20. The van der Waals surface area contributed by atoms with Crippen LogP contribution in [-0.4, -0.2) is 46.1 Å². The van der Waals surface area contributed by atoms with Crippen LogP contribution in [0.5, 0.6) is 34.5 Å². The van der Waals surface area contributed by atoms with Crippen molar-refractivity contribution < 1.29 is 33.2 Å². The number of nitrogens with zero attached hydrogens (tertiary/aromatic N) is 1. The summed E-state index contributed by atoms with van der Waals surface area (Å²) < 4.78 is 32.8. The monoisotopic (exact) mass is 502 g/mol. The number of benzene rings is 3. The number of rotatable bonds is 8. The lowest BCUT2D eigenvalue weighted by Crippen LogP contribution is -2.14. The fraction of sp³-hybridized carbons (Fsp3) is 0.214. The van der Waals surface area contributed by atoms with Crippen molar-refractivity contribution in [2.45, 2.75) is 6.42 Å². The number of carbonyl (C=O) groups excluding carboxylic acids is 1. The number of pyridine rings is 1. The number of ether oxygens (including phenoxy) is 6. The first-order valence-electron chi connectivity index (χ1n) is 11.5. The first kappa shape index (κ1) is 24.1. The number of amides is 1. The molecule has 0 bridgehead atoms. The van der Waals surface area contributed by atoms with Gasteiger partial charge in [0.2, 0.25) is 6.79 Å². The predicted octanol–water partition coefficient (Wildman–Crippen LogP) is 4.84. The van der Waals surface area contributed by atoms with E-state index in [-0.39, 0.29) is 12.7 Å². The molecule has 0 unspecified atom stereocenters. The Kier molecular flexibility index (Phi) is 6.59. The van der Waals surface area contributed by atoms with Gasteiger partial charge in [0.25, 0.3) is 5.91 Å². The van der Waals surface area contributed by atoms with Gasteiger partial charge in [-0.05, 0) is 53.4 Å². The maximum Gasteiger partial charge on any atom is 0.255 e. The van der Waals surface area contributed by atoms with Crippen LogP contribution in [-0.2, 0) is 6.42 Å². The normalized spacial score (nSPS) is 11.8. The Morgan fingerprint density at radius 3 is 2.27 bits per heavy atom. The highest BCUT2D eigenvalue weighted by Gasteiger charge is 2.20. The van der Waals surface area contributed by atoms with Gasteiger partial charge in [-0.3, -0.25) is 9.78 Å². The first-order valence-corrected chi connectivity index (χ1v) is 11.5. The summed E-state index contributed by atoms with van der Waals surface area (Å²) in [4.78, 5) is 17.9. The summed E-state index contributed by atoms with van der Waals surface area (Å²) in [6.07, 6.45) is 2.15. The van der Waals surface area contributed by atoms with E-state index in [1.54, 1.807) is 58.9 Å². The average Bonchev–Trinajstić information content (AvgIpc) is 3.41. The van der Waals surface area contributed by atoms with Gasteiger partial charge in [-0.15, -0.1) is 0 Å². The van der Waals surface area contributed by atoms with Crippen molar-refractivity contribution in [3.05, 3.63) is 71.5 Å². The number of nitrogens with one attached hydrogen (secondary N) is 1. The average molecular weight is 503 g/mol. The molecule has 0 saturated heterocycles. The molecule has 9 nitrogen and oxygen atoms in total. The molecule has 37 heavy (non-hydrogen) atoms. The van der Waals surface area contributed by atoms with E-state index in [2.05, 4.69) is 10.3 Å². The maximum atomic E-state index is 13.2. The Balaban J connectivity index is 1.54. The molecule has 3 aromatic carbocycles. The van der Waals surface area contributed by atoms with Crippen molar-refractivity contribution in [3.8, 4) is 34.5 Å². The third-order valence-corrected chi connectivity index (χ3v) is 6.20. The number of hydrogen-bond acceptors (Lipinski definition) is 8. The van der Waals surface area contributed by atoms with Crippen molar-refractivity contribution in [2.75, 3.05) is 40.5 Å². The summed E-state index contributed by atoms with van der Waals surface area (Å²) in [6.45, 7) is 0.134.